The Morgan fingerprint density at radius 3 is 2.57 bits per heavy atom. The number of piperidine rings is 1. The Labute approximate surface area is 270 Å². The number of nitrogens with zero attached hydrogens (tertiary/aromatic N) is 7. The molecule has 1 aromatic carbocycles. The molecule has 3 aliphatic heterocycles. The summed E-state index contributed by atoms with van der Waals surface area (Å²) in [6, 6.07) is 12.6. The summed E-state index contributed by atoms with van der Waals surface area (Å²) < 4.78 is 46.4. The summed E-state index contributed by atoms with van der Waals surface area (Å²) in [6.45, 7) is 5.56. The zero-order valence-corrected chi connectivity index (χ0v) is 26.1. The van der Waals surface area contributed by atoms with Crippen molar-refractivity contribution < 1.29 is 32.9 Å². The summed E-state index contributed by atoms with van der Waals surface area (Å²) in [5.41, 5.74) is 2.00. The zero-order chi connectivity index (χ0) is 33.1. The highest BCUT2D eigenvalue weighted by atomic mass is 19.3. The molecule has 0 aliphatic carbocycles. The molecule has 5 heterocycles. The van der Waals surface area contributed by atoms with Crippen LogP contribution in [0.1, 0.15) is 18.9 Å². The van der Waals surface area contributed by atoms with E-state index >= 15 is 0 Å². The number of carbonyl (C=O) groups excluding carboxylic acids is 1. The van der Waals surface area contributed by atoms with Gasteiger partial charge in [-0.3, -0.25) is 9.69 Å². The van der Waals surface area contributed by atoms with Crippen molar-refractivity contribution in [2.24, 2.45) is 0 Å². The molecule has 2 N–H and O–H groups in total. The van der Waals surface area contributed by atoms with Crippen LogP contribution in [0.4, 0.5) is 26.1 Å². The van der Waals surface area contributed by atoms with Gasteiger partial charge in [-0.25, -0.2) is 18.7 Å². The number of hydrogen-bond acceptors (Lipinski definition) is 12. The van der Waals surface area contributed by atoms with Crippen LogP contribution in [-0.4, -0.2) is 120 Å². The van der Waals surface area contributed by atoms with E-state index in [-0.39, 0.29) is 24.3 Å². The molecule has 0 saturated carbocycles. The first-order chi connectivity index (χ1) is 22.6. The minimum absolute atomic E-state index is 0.00140. The zero-order valence-electron chi connectivity index (χ0n) is 26.1. The van der Waals surface area contributed by atoms with Crippen LogP contribution in [0.25, 0.3) is 11.3 Å². The predicted molar refractivity (Wildman–Crippen MR) is 167 cm³/mol. The summed E-state index contributed by atoms with van der Waals surface area (Å²) >= 11 is 0. The summed E-state index contributed by atoms with van der Waals surface area (Å²) in [5, 5.41) is 22.5. The van der Waals surface area contributed by atoms with E-state index in [1.807, 2.05) is 18.2 Å². The van der Waals surface area contributed by atoms with E-state index in [2.05, 4.69) is 30.1 Å². The highest BCUT2D eigenvalue weighted by Gasteiger charge is 2.48. The number of amides is 1. The molecule has 0 bridgehead atoms. The van der Waals surface area contributed by atoms with Crippen molar-refractivity contribution in [3.05, 3.63) is 48.3 Å². The van der Waals surface area contributed by atoms with Crippen LogP contribution in [0.5, 0.6) is 11.6 Å². The Morgan fingerprint density at radius 2 is 1.91 bits per heavy atom. The van der Waals surface area contributed by atoms with E-state index in [0.717, 1.165) is 50.0 Å². The first-order valence-corrected chi connectivity index (χ1v) is 15.4. The molecule has 13 nitrogen and oxygen atoms in total. The lowest BCUT2D eigenvalue weighted by molar-refractivity contribution is -0.165. The number of pyridine rings is 1. The van der Waals surface area contributed by atoms with Crippen LogP contribution in [-0.2, 0) is 9.53 Å². The number of alkyl halides is 2. The number of rotatable bonds is 9. The minimum Gasteiger partial charge on any atom is -0.483 e. The first kappa shape index (κ1) is 32.3. The standard InChI is InChI=1S/C32H36F2N8O5/c1-20(43)31(44)42-8-7-27(32(33,34)18-42)47-26-5-3-21(13-22(26)15-35)24-14-29(37-19-36-24)38-28-6-4-25(30(39-28)45-2)41-11-9-40(10-12-41)23-16-46-17-23/h3-6,13-14,19-20,23,27,43H,7-12,16-18H2,1-2H3,(H,36,37,38,39)/t20-,27-/m0/s1. The third-order valence-electron chi connectivity index (χ3n) is 8.62. The van der Waals surface area contributed by atoms with E-state index in [0.29, 0.717) is 34.8 Å². The molecule has 3 saturated heterocycles. The predicted octanol–water partition coefficient (Wildman–Crippen LogP) is 2.68. The Morgan fingerprint density at radius 1 is 1.13 bits per heavy atom. The summed E-state index contributed by atoms with van der Waals surface area (Å²) in [5.74, 6) is -2.69. The molecule has 3 fully saturated rings. The topological polar surface area (TPSA) is 149 Å². The summed E-state index contributed by atoms with van der Waals surface area (Å²) in [7, 11) is 1.59. The molecule has 0 radical (unpaired) electrons. The molecule has 6 rings (SSSR count). The number of benzene rings is 1. The fourth-order valence-electron chi connectivity index (χ4n) is 5.92. The number of nitrogens with one attached hydrogen (secondary N) is 1. The molecule has 15 heteroatoms. The number of carbonyl (C=O) groups is 1. The molecule has 0 spiro atoms. The lowest BCUT2D eigenvalue weighted by Gasteiger charge is -2.43. The van der Waals surface area contributed by atoms with E-state index in [1.165, 1.54) is 25.4 Å². The average Bonchev–Trinajstić information content (AvgIpc) is 3.05. The lowest BCUT2D eigenvalue weighted by Crippen LogP contribution is -2.56. The second-order valence-corrected chi connectivity index (χ2v) is 11.8. The molecule has 2 aromatic heterocycles. The van der Waals surface area contributed by atoms with Crippen LogP contribution < -0.4 is 19.7 Å². The maximum atomic E-state index is 14.9. The van der Waals surface area contributed by atoms with Gasteiger partial charge in [0.2, 0.25) is 5.88 Å². The van der Waals surface area contributed by atoms with Crippen molar-refractivity contribution in [1.29, 1.82) is 5.26 Å². The highest BCUT2D eigenvalue weighted by Crippen LogP contribution is 2.35. The van der Waals surface area contributed by atoms with Gasteiger partial charge in [0, 0.05) is 50.8 Å². The second kappa shape index (κ2) is 13.6. The van der Waals surface area contributed by atoms with Crippen LogP contribution >= 0.6 is 0 Å². The molecule has 1 amide bonds. The Balaban J connectivity index is 1.12. The smallest absolute Gasteiger partial charge is 0.301 e. The fourth-order valence-corrected chi connectivity index (χ4v) is 5.92. The quantitative estimate of drug-likeness (QED) is 0.351. The molecule has 3 aromatic rings. The Kier molecular flexibility index (Phi) is 9.35. The van der Waals surface area contributed by atoms with Crippen LogP contribution in [0.3, 0.4) is 0 Å². The fraction of sp³-hybridized carbons (Fsp3) is 0.469. The molecule has 2 atom stereocenters. The highest BCUT2D eigenvalue weighted by molar-refractivity contribution is 5.80. The first-order valence-electron chi connectivity index (χ1n) is 15.4. The van der Waals surface area contributed by atoms with E-state index < -0.39 is 30.6 Å². The van der Waals surface area contributed by atoms with Crippen molar-refractivity contribution in [2.75, 3.05) is 69.8 Å². The van der Waals surface area contributed by atoms with Crippen molar-refractivity contribution in [3.63, 3.8) is 0 Å². The van der Waals surface area contributed by atoms with Gasteiger partial charge in [-0.2, -0.15) is 10.2 Å². The van der Waals surface area contributed by atoms with Gasteiger partial charge in [-0.15, -0.1) is 0 Å². The minimum atomic E-state index is -3.38. The number of methoxy groups -OCH3 is 1. The molecule has 248 valence electrons. The van der Waals surface area contributed by atoms with Gasteiger partial charge in [0.25, 0.3) is 5.91 Å². The SMILES string of the molecule is COc1nc(Nc2cc(-c3ccc(O[C@H]4CCN(C(=O)[C@H](C)O)CC4(F)F)c(C#N)c3)ncn2)ccc1N1CCN(C2COC2)CC1. The van der Waals surface area contributed by atoms with E-state index in [4.69, 9.17) is 14.2 Å². The van der Waals surface area contributed by atoms with Crippen LogP contribution in [0.15, 0.2) is 42.7 Å². The van der Waals surface area contributed by atoms with Gasteiger partial charge in [0.1, 0.15) is 41.6 Å². The average molecular weight is 651 g/mol. The summed E-state index contributed by atoms with van der Waals surface area (Å²) in [4.78, 5) is 30.9. The number of nitriles is 1. The molecule has 3 aliphatic rings. The van der Waals surface area contributed by atoms with E-state index in [9.17, 15) is 23.9 Å². The number of hydrogen-bond donors (Lipinski definition) is 2. The van der Waals surface area contributed by atoms with Crippen molar-refractivity contribution in [1.82, 2.24) is 24.8 Å². The third-order valence-corrected chi connectivity index (χ3v) is 8.62. The number of aliphatic hydroxyl groups excluding tert-OH is 1. The second-order valence-electron chi connectivity index (χ2n) is 11.8. The molecule has 0 unspecified atom stereocenters. The number of piperazine rings is 1. The van der Waals surface area contributed by atoms with Gasteiger partial charge in [-0.05, 0) is 37.3 Å². The Hall–Kier alpha value is -4.65. The number of aliphatic hydroxyl groups is 1. The van der Waals surface area contributed by atoms with Gasteiger partial charge in [-0.1, -0.05) is 0 Å². The summed E-state index contributed by atoms with van der Waals surface area (Å²) in [6.07, 6.45) is -1.71. The number of anilines is 3. The number of ether oxygens (including phenoxy) is 3. The molecule has 47 heavy (non-hydrogen) atoms. The monoisotopic (exact) mass is 650 g/mol. The van der Waals surface area contributed by atoms with Crippen LogP contribution in [0.2, 0.25) is 0 Å². The number of halogens is 2. The molecular weight excluding hydrogens is 614 g/mol. The van der Waals surface area contributed by atoms with E-state index in [1.54, 1.807) is 19.2 Å². The normalized spacial score (nSPS) is 20.6. The number of aromatic nitrogens is 3. The number of likely N-dealkylation sites (tertiary alicyclic amines) is 1. The van der Waals surface area contributed by atoms with Gasteiger partial charge in [0.05, 0.1) is 44.2 Å². The van der Waals surface area contributed by atoms with Gasteiger partial charge in [0.15, 0.2) is 6.10 Å². The maximum Gasteiger partial charge on any atom is 0.301 e. The Bertz CT molecular complexity index is 1640. The van der Waals surface area contributed by atoms with Crippen molar-refractivity contribution >= 4 is 23.2 Å². The third kappa shape index (κ3) is 7.04. The van der Waals surface area contributed by atoms with Gasteiger partial charge >= 0.3 is 5.92 Å². The van der Waals surface area contributed by atoms with Crippen molar-refractivity contribution in [2.45, 2.75) is 37.5 Å². The van der Waals surface area contributed by atoms with Gasteiger partial charge < -0.3 is 34.4 Å². The largest absolute Gasteiger partial charge is 0.483 e. The van der Waals surface area contributed by atoms with Crippen molar-refractivity contribution in [3.8, 4) is 29.0 Å². The molecular formula is C32H36F2N8O5. The van der Waals surface area contributed by atoms with Crippen LogP contribution in [0, 0.1) is 11.3 Å². The lowest BCUT2D eigenvalue weighted by atomic mass is 10.0. The maximum absolute atomic E-state index is 14.9.